The van der Waals surface area contributed by atoms with Crippen LogP contribution in [0.25, 0.3) is 11.3 Å². The summed E-state index contributed by atoms with van der Waals surface area (Å²) in [7, 11) is 1.96. The lowest BCUT2D eigenvalue weighted by Gasteiger charge is -2.17. The minimum atomic E-state index is -0.0364. The van der Waals surface area contributed by atoms with E-state index in [1.54, 1.807) is 0 Å². The summed E-state index contributed by atoms with van der Waals surface area (Å²) in [5, 5.41) is 0. The number of nitrogen functional groups attached to an aromatic ring is 1. The SMILES string of the molecule is CCCOc1ccc(-c2nc(C(C)(C)C)n(C)c2N)cc1. The van der Waals surface area contributed by atoms with Crippen LogP contribution in [0.2, 0.25) is 0 Å². The van der Waals surface area contributed by atoms with E-state index in [9.17, 15) is 0 Å². The summed E-state index contributed by atoms with van der Waals surface area (Å²) in [5.41, 5.74) is 8.04. The number of hydrogen-bond donors (Lipinski definition) is 1. The average Bonchev–Trinajstić information content (AvgIpc) is 2.74. The lowest BCUT2D eigenvalue weighted by molar-refractivity contribution is 0.317. The first-order chi connectivity index (χ1) is 9.84. The zero-order valence-corrected chi connectivity index (χ0v) is 13.6. The van der Waals surface area contributed by atoms with Gasteiger partial charge in [0.25, 0.3) is 0 Å². The number of nitrogens with two attached hydrogens (primary N) is 1. The molecule has 2 aromatic rings. The van der Waals surface area contributed by atoms with Crippen LogP contribution in [-0.2, 0) is 12.5 Å². The molecule has 1 aromatic heterocycles. The minimum absolute atomic E-state index is 0.0364. The van der Waals surface area contributed by atoms with E-state index in [-0.39, 0.29) is 5.41 Å². The summed E-state index contributed by atoms with van der Waals surface area (Å²) < 4.78 is 7.57. The molecule has 0 unspecified atom stereocenters. The standard InChI is InChI=1S/C17H25N3O/c1-6-11-21-13-9-7-12(8-10-13)14-15(18)20(5)16(19-14)17(2,3)4/h7-10H,6,11,18H2,1-5H3. The number of anilines is 1. The van der Waals surface area contributed by atoms with Crippen molar-refractivity contribution in [3.05, 3.63) is 30.1 Å². The zero-order chi connectivity index (χ0) is 15.6. The van der Waals surface area contributed by atoms with E-state index in [1.165, 1.54) is 0 Å². The van der Waals surface area contributed by atoms with Gasteiger partial charge in [0.1, 0.15) is 23.1 Å². The van der Waals surface area contributed by atoms with Crippen molar-refractivity contribution in [2.45, 2.75) is 39.5 Å². The quantitative estimate of drug-likeness (QED) is 0.931. The summed E-state index contributed by atoms with van der Waals surface area (Å²) in [6.45, 7) is 9.25. The Bertz CT molecular complexity index is 606. The van der Waals surface area contributed by atoms with Crippen LogP contribution in [0.1, 0.15) is 39.9 Å². The van der Waals surface area contributed by atoms with Gasteiger partial charge in [0.05, 0.1) is 6.61 Å². The van der Waals surface area contributed by atoms with Gasteiger partial charge in [0, 0.05) is 18.0 Å². The van der Waals surface area contributed by atoms with Crippen LogP contribution in [0.5, 0.6) is 5.75 Å². The third-order valence-electron chi connectivity index (χ3n) is 3.41. The fourth-order valence-corrected chi connectivity index (χ4v) is 2.32. The fourth-order valence-electron chi connectivity index (χ4n) is 2.32. The molecule has 0 bridgehead atoms. The fraction of sp³-hybridized carbons (Fsp3) is 0.471. The molecule has 0 amide bonds. The number of imidazole rings is 1. The maximum atomic E-state index is 6.22. The molecule has 4 nitrogen and oxygen atoms in total. The highest BCUT2D eigenvalue weighted by molar-refractivity contribution is 5.71. The Hall–Kier alpha value is -1.97. The molecule has 1 heterocycles. The third kappa shape index (κ3) is 3.20. The van der Waals surface area contributed by atoms with Crippen LogP contribution in [0.3, 0.4) is 0 Å². The molecule has 0 atom stereocenters. The number of hydrogen-bond acceptors (Lipinski definition) is 3. The van der Waals surface area contributed by atoms with Crippen molar-refractivity contribution in [3.63, 3.8) is 0 Å². The molecule has 0 saturated carbocycles. The van der Waals surface area contributed by atoms with Crippen LogP contribution >= 0.6 is 0 Å². The highest BCUT2D eigenvalue weighted by Gasteiger charge is 2.23. The molecule has 4 heteroatoms. The summed E-state index contributed by atoms with van der Waals surface area (Å²) >= 11 is 0. The van der Waals surface area contributed by atoms with Gasteiger partial charge in [-0.2, -0.15) is 0 Å². The van der Waals surface area contributed by atoms with Crippen LogP contribution in [0.4, 0.5) is 5.82 Å². The van der Waals surface area contributed by atoms with E-state index in [0.29, 0.717) is 5.82 Å². The van der Waals surface area contributed by atoms with Gasteiger partial charge in [-0.3, -0.25) is 0 Å². The van der Waals surface area contributed by atoms with Gasteiger partial charge in [-0.15, -0.1) is 0 Å². The summed E-state index contributed by atoms with van der Waals surface area (Å²) in [5.74, 6) is 2.56. The number of ether oxygens (including phenoxy) is 1. The smallest absolute Gasteiger partial charge is 0.131 e. The molecule has 21 heavy (non-hydrogen) atoms. The summed E-state index contributed by atoms with van der Waals surface area (Å²) in [6, 6.07) is 7.96. The molecule has 2 N–H and O–H groups in total. The van der Waals surface area contributed by atoms with E-state index >= 15 is 0 Å². The minimum Gasteiger partial charge on any atom is -0.494 e. The van der Waals surface area contributed by atoms with Gasteiger partial charge in [0.15, 0.2) is 0 Å². The predicted molar refractivity (Wildman–Crippen MR) is 87.5 cm³/mol. The molecule has 0 aliphatic rings. The van der Waals surface area contributed by atoms with Crippen LogP contribution < -0.4 is 10.5 Å². The van der Waals surface area contributed by atoms with Crippen molar-refractivity contribution in [2.75, 3.05) is 12.3 Å². The molecule has 0 spiro atoms. The molecule has 0 aliphatic carbocycles. The molecular formula is C17H25N3O. The normalized spacial score (nSPS) is 11.7. The molecule has 114 valence electrons. The first kappa shape index (κ1) is 15.4. The first-order valence-electron chi connectivity index (χ1n) is 7.40. The molecule has 0 aliphatic heterocycles. The van der Waals surface area contributed by atoms with Crippen LogP contribution in [-0.4, -0.2) is 16.2 Å². The third-order valence-corrected chi connectivity index (χ3v) is 3.41. The van der Waals surface area contributed by atoms with E-state index < -0.39 is 0 Å². The number of aromatic nitrogens is 2. The van der Waals surface area contributed by atoms with Crippen molar-refractivity contribution in [1.29, 1.82) is 0 Å². The summed E-state index contributed by atoms with van der Waals surface area (Å²) in [6.07, 6.45) is 1.00. The van der Waals surface area contributed by atoms with Gasteiger partial charge in [-0.1, -0.05) is 27.7 Å². The largest absolute Gasteiger partial charge is 0.494 e. The topological polar surface area (TPSA) is 53.1 Å². The maximum Gasteiger partial charge on any atom is 0.131 e. The second-order valence-electron chi connectivity index (χ2n) is 6.35. The molecule has 0 saturated heterocycles. The van der Waals surface area contributed by atoms with Gasteiger partial charge < -0.3 is 15.0 Å². The maximum absolute atomic E-state index is 6.22. The van der Waals surface area contributed by atoms with Crippen molar-refractivity contribution >= 4 is 5.82 Å². The first-order valence-corrected chi connectivity index (χ1v) is 7.40. The molecule has 2 rings (SSSR count). The van der Waals surface area contributed by atoms with Gasteiger partial charge in [-0.05, 0) is 30.7 Å². The van der Waals surface area contributed by atoms with Crippen molar-refractivity contribution in [3.8, 4) is 17.0 Å². The Balaban J connectivity index is 2.34. The van der Waals surface area contributed by atoms with Gasteiger partial charge in [-0.25, -0.2) is 4.98 Å². The Kier molecular flexibility index (Phi) is 4.26. The monoisotopic (exact) mass is 287 g/mol. The Morgan fingerprint density at radius 2 is 1.81 bits per heavy atom. The van der Waals surface area contributed by atoms with Gasteiger partial charge >= 0.3 is 0 Å². The Morgan fingerprint density at radius 1 is 1.19 bits per heavy atom. The lowest BCUT2D eigenvalue weighted by Crippen LogP contribution is -2.17. The highest BCUT2D eigenvalue weighted by Crippen LogP contribution is 2.31. The van der Waals surface area contributed by atoms with Gasteiger partial charge in [0.2, 0.25) is 0 Å². The van der Waals surface area contributed by atoms with E-state index in [2.05, 4.69) is 27.7 Å². The van der Waals surface area contributed by atoms with E-state index in [0.717, 1.165) is 35.9 Å². The Labute approximate surface area is 127 Å². The number of nitrogens with zero attached hydrogens (tertiary/aromatic N) is 2. The van der Waals surface area contributed by atoms with E-state index in [1.807, 2.05) is 35.9 Å². The average molecular weight is 287 g/mol. The van der Waals surface area contributed by atoms with Crippen LogP contribution in [0.15, 0.2) is 24.3 Å². The second kappa shape index (κ2) is 5.80. The van der Waals surface area contributed by atoms with Crippen molar-refractivity contribution in [2.24, 2.45) is 7.05 Å². The molecular weight excluding hydrogens is 262 g/mol. The lowest BCUT2D eigenvalue weighted by atomic mass is 9.96. The second-order valence-corrected chi connectivity index (χ2v) is 6.35. The van der Waals surface area contributed by atoms with Crippen molar-refractivity contribution < 1.29 is 4.74 Å². The van der Waals surface area contributed by atoms with Crippen molar-refractivity contribution in [1.82, 2.24) is 9.55 Å². The predicted octanol–water partition coefficient (Wildman–Crippen LogP) is 3.76. The van der Waals surface area contributed by atoms with E-state index in [4.69, 9.17) is 15.5 Å². The summed E-state index contributed by atoms with van der Waals surface area (Å²) in [4.78, 5) is 4.74. The Morgan fingerprint density at radius 3 is 2.29 bits per heavy atom. The highest BCUT2D eigenvalue weighted by atomic mass is 16.5. The number of benzene rings is 1. The number of rotatable bonds is 4. The molecule has 0 radical (unpaired) electrons. The molecule has 1 aromatic carbocycles. The molecule has 0 fully saturated rings. The zero-order valence-electron chi connectivity index (χ0n) is 13.6. The van der Waals surface area contributed by atoms with Crippen LogP contribution in [0, 0.1) is 0 Å².